The molecule has 0 saturated carbocycles. The lowest BCUT2D eigenvalue weighted by atomic mass is 9.87. The number of carbonyl (C=O) groups excluding carboxylic acids is 1. The van der Waals surface area contributed by atoms with E-state index < -0.39 is 27.3 Å². The van der Waals surface area contributed by atoms with E-state index in [2.05, 4.69) is 31.1 Å². The minimum atomic E-state index is -3.22. The molecule has 36 heavy (non-hydrogen) atoms. The third-order valence-electron chi connectivity index (χ3n) is 5.89. The molecule has 3 aromatic rings. The van der Waals surface area contributed by atoms with Crippen LogP contribution >= 0.6 is 0 Å². The van der Waals surface area contributed by atoms with Crippen molar-refractivity contribution in [3.8, 4) is 17.7 Å². The Bertz CT molecular complexity index is 1560. The molecular weight excluding hydrogens is 480 g/mol. The first-order chi connectivity index (χ1) is 17.0. The van der Waals surface area contributed by atoms with E-state index in [1.54, 1.807) is 36.4 Å². The van der Waals surface area contributed by atoms with E-state index in [0.29, 0.717) is 11.4 Å². The van der Waals surface area contributed by atoms with Crippen LogP contribution in [0, 0.1) is 11.3 Å². The average Bonchev–Trinajstić information content (AvgIpc) is 3.16. The number of carbonyl (C=O) groups is 1. The summed E-state index contributed by atoms with van der Waals surface area (Å²) in [6.07, 6.45) is 2.93. The maximum absolute atomic E-state index is 13.3. The molecule has 0 radical (unpaired) electrons. The summed E-state index contributed by atoms with van der Waals surface area (Å²) in [5, 5.41) is 12.2. The van der Waals surface area contributed by atoms with Crippen LogP contribution < -0.4 is 15.6 Å². The molecular formula is C26H26N4O5S. The van der Waals surface area contributed by atoms with E-state index in [1.807, 2.05) is 12.1 Å². The minimum Gasteiger partial charge on any atom is -0.438 e. The summed E-state index contributed by atoms with van der Waals surface area (Å²) in [6.45, 7) is 6.27. The van der Waals surface area contributed by atoms with E-state index in [-0.39, 0.29) is 40.4 Å². The van der Waals surface area contributed by atoms with Gasteiger partial charge in [-0.25, -0.2) is 8.42 Å². The highest BCUT2D eigenvalue weighted by molar-refractivity contribution is 7.91. The third-order valence-corrected chi connectivity index (χ3v) is 7.66. The molecule has 186 valence electrons. The molecule has 1 atom stereocenters. The van der Waals surface area contributed by atoms with Gasteiger partial charge >= 0.3 is 0 Å². The first-order valence-electron chi connectivity index (χ1n) is 11.4. The Labute approximate surface area is 209 Å². The normalized spacial score (nSPS) is 17.5. The SMILES string of the molecule is CC(C)(C)c1ccc(Oc2nc3ccccn3c(=O)c2/C=C(\C#N)C(=O)N[C@@H]2CCS(=O)(=O)C2)cc1. The van der Waals surface area contributed by atoms with Crippen molar-refractivity contribution in [1.29, 1.82) is 5.26 Å². The second-order valence-electron chi connectivity index (χ2n) is 9.68. The molecule has 1 aliphatic rings. The number of benzene rings is 1. The number of nitrogens with zero attached hydrogens (tertiary/aromatic N) is 3. The quantitative estimate of drug-likeness (QED) is 0.416. The number of sulfone groups is 1. The van der Waals surface area contributed by atoms with Gasteiger partial charge in [0.1, 0.15) is 28.6 Å². The minimum absolute atomic E-state index is 0.0223. The number of pyridine rings is 1. The lowest BCUT2D eigenvalue weighted by molar-refractivity contribution is -0.117. The Hall–Kier alpha value is -3.97. The van der Waals surface area contributed by atoms with Gasteiger partial charge in [0.15, 0.2) is 9.84 Å². The highest BCUT2D eigenvalue weighted by atomic mass is 32.2. The van der Waals surface area contributed by atoms with Gasteiger partial charge in [-0.2, -0.15) is 10.2 Å². The topological polar surface area (TPSA) is 131 Å². The van der Waals surface area contributed by atoms with Crippen LogP contribution in [-0.4, -0.2) is 41.3 Å². The van der Waals surface area contributed by atoms with Crippen LogP contribution in [0.3, 0.4) is 0 Å². The summed E-state index contributed by atoms with van der Waals surface area (Å²) >= 11 is 0. The highest BCUT2D eigenvalue weighted by Gasteiger charge is 2.30. The zero-order valence-electron chi connectivity index (χ0n) is 20.2. The molecule has 0 bridgehead atoms. The molecule has 1 fully saturated rings. The highest BCUT2D eigenvalue weighted by Crippen LogP contribution is 2.28. The van der Waals surface area contributed by atoms with Crippen molar-refractivity contribution in [2.45, 2.75) is 38.6 Å². The first-order valence-corrected chi connectivity index (χ1v) is 13.2. The number of amides is 1. The number of ether oxygens (including phenoxy) is 1. The van der Waals surface area contributed by atoms with Crippen LogP contribution in [-0.2, 0) is 20.0 Å². The van der Waals surface area contributed by atoms with Crippen molar-refractivity contribution >= 4 is 27.5 Å². The first kappa shape index (κ1) is 25.1. The summed E-state index contributed by atoms with van der Waals surface area (Å²) < 4.78 is 30.7. The fraction of sp³-hybridized carbons (Fsp3) is 0.308. The van der Waals surface area contributed by atoms with Crippen molar-refractivity contribution in [3.63, 3.8) is 0 Å². The number of nitrogens with one attached hydrogen (secondary N) is 1. The average molecular weight is 507 g/mol. The van der Waals surface area contributed by atoms with Crippen molar-refractivity contribution in [3.05, 3.63) is 75.7 Å². The van der Waals surface area contributed by atoms with Gasteiger partial charge in [0, 0.05) is 12.2 Å². The van der Waals surface area contributed by atoms with Crippen molar-refractivity contribution in [1.82, 2.24) is 14.7 Å². The Balaban J connectivity index is 1.73. The predicted molar refractivity (Wildman–Crippen MR) is 135 cm³/mol. The van der Waals surface area contributed by atoms with Gasteiger partial charge in [0.05, 0.1) is 11.5 Å². The van der Waals surface area contributed by atoms with Gasteiger partial charge in [-0.1, -0.05) is 39.0 Å². The molecule has 2 aromatic heterocycles. The van der Waals surface area contributed by atoms with E-state index >= 15 is 0 Å². The van der Waals surface area contributed by atoms with Gasteiger partial charge in [0.25, 0.3) is 11.5 Å². The number of hydrogen-bond acceptors (Lipinski definition) is 7. The largest absolute Gasteiger partial charge is 0.438 e. The Morgan fingerprint density at radius 3 is 2.56 bits per heavy atom. The lowest BCUT2D eigenvalue weighted by Gasteiger charge is -2.19. The zero-order valence-corrected chi connectivity index (χ0v) is 21.0. The molecule has 0 aliphatic carbocycles. The zero-order chi connectivity index (χ0) is 26.1. The van der Waals surface area contributed by atoms with Crippen molar-refractivity contribution < 1.29 is 17.9 Å². The van der Waals surface area contributed by atoms with Gasteiger partial charge in [-0.15, -0.1) is 0 Å². The fourth-order valence-corrected chi connectivity index (χ4v) is 5.56. The van der Waals surface area contributed by atoms with E-state index in [4.69, 9.17) is 4.74 Å². The summed E-state index contributed by atoms with van der Waals surface area (Å²) in [6, 6.07) is 13.6. The van der Waals surface area contributed by atoms with Crippen molar-refractivity contribution in [2.75, 3.05) is 11.5 Å². The van der Waals surface area contributed by atoms with E-state index in [1.165, 1.54) is 10.6 Å². The molecule has 0 spiro atoms. The number of aromatic nitrogens is 2. The number of rotatable bonds is 5. The standard InChI is InChI=1S/C26H26N4O5S/c1-26(2,3)18-7-9-20(10-8-18)35-24-21(25(32)30-12-5-4-6-22(30)29-24)14-17(15-27)23(31)28-19-11-13-36(33,34)16-19/h4-10,12,14,19H,11,13,16H2,1-3H3,(H,28,31)/b17-14+/t19-/m1/s1. The number of hydrogen-bond donors (Lipinski definition) is 1. The van der Waals surface area contributed by atoms with Crippen LogP contribution in [0.2, 0.25) is 0 Å². The Morgan fingerprint density at radius 1 is 1.22 bits per heavy atom. The Morgan fingerprint density at radius 2 is 1.94 bits per heavy atom. The summed E-state index contributed by atoms with van der Waals surface area (Å²) in [5.41, 5.74) is 0.413. The van der Waals surface area contributed by atoms with Gasteiger partial charge in [-0.05, 0) is 47.7 Å². The molecule has 10 heteroatoms. The molecule has 4 rings (SSSR count). The van der Waals surface area contributed by atoms with Crippen LogP contribution in [0.5, 0.6) is 11.6 Å². The monoisotopic (exact) mass is 506 g/mol. The van der Waals surface area contributed by atoms with E-state index in [0.717, 1.165) is 11.6 Å². The van der Waals surface area contributed by atoms with Crippen LogP contribution in [0.1, 0.15) is 38.3 Å². The van der Waals surface area contributed by atoms with Gasteiger partial charge < -0.3 is 10.1 Å². The summed E-state index contributed by atoms with van der Waals surface area (Å²) in [7, 11) is -3.22. The van der Waals surface area contributed by atoms with Crippen LogP contribution in [0.4, 0.5) is 0 Å². The maximum Gasteiger partial charge on any atom is 0.269 e. The summed E-state index contributed by atoms with van der Waals surface area (Å²) in [4.78, 5) is 30.5. The molecule has 9 nitrogen and oxygen atoms in total. The molecule has 1 aliphatic heterocycles. The molecule has 3 heterocycles. The van der Waals surface area contributed by atoms with Crippen LogP contribution in [0.25, 0.3) is 11.7 Å². The van der Waals surface area contributed by atoms with E-state index in [9.17, 15) is 23.3 Å². The molecule has 1 N–H and O–H groups in total. The van der Waals surface area contributed by atoms with Crippen LogP contribution in [0.15, 0.2) is 59.0 Å². The maximum atomic E-state index is 13.3. The Kier molecular flexibility index (Phi) is 6.69. The third kappa shape index (κ3) is 5.47. The molecule has 0 unspecified atom stereocenters. The fourth-order valence-electron chi connectivity index (χ4n) is 3.88. The second kappa shape index (κ2) is 9.59. The predicted octanol–water partition coefficient (Wildman–Crippen LogP) is 2.99. The van der Waals surface area contributed by atoms with Gasteiger partial charge in [-0.3, -0.25) is 14.0 Å². The number of nitriles is 1. The molecule has 1 aromatic carbocycles. The van der Waals surface area contributed by atoms with Gasteiger partial charge in [0.2, 0.25) is 5.88 Å². The summed E-state index contributed by atoms with van der Waals surface area (Å²) in [5.74, 6) is -0.595. The second-order valence-corrected chi connectivity index (χ2v) is 11.9. The smallest absolute Gasteiger partial charge is 0.269 e. The van der Waals surface area contributed by atoms with Crippen molar-refractivity contribution in [2.24, 2.45) is 0 Å². The molecule has 1 saturated heterocycles. The number of fused-ring (bicyclic) bond motifs is 1. The lowest BCUT2D eigenvalue weighted by Crippen LogP contribution is -2.36. The molecule has 1 amide bonds.